The van der Waals surface area contributed by atoms with E-state index in [-0.39, 0.29) is 0 Å². The molecule has 1 fully saturated rings. The fraction of sp³-hybridized carbons (Fsp3) is 0.389. The van der Waals surface area contributed by atoms with Crippen molar-refractivity contribution >= 4 is 17.7 Å². The van der Waals surface area contributed by atoms with Gasteiger partial charge in [0.05, 0.1) is 6.26 Å². The molecule has 0 saturated heterocycles. The zero-order valence-corrected chi connectivity index (χ0v) is 14.2. The van der Waals surface area contributed by atoms with Crippen molar-refractivity contribution in [2.24, 2.45) is 4.99 Å². The van der Waals surface area contributed by atoms with Crippen molar-refractivity contribution in [2.75, 3.05) is 20.1 Å². The normalized spacial score (nSPS) is 16.1. The number of guanidine groups is 1. The number of hydrogen-bond acceptors (Lipinski definition) is 3. The van der Waals surface area contributed by atoms with Crippen LogP contribution in [-0.4, -0.2) is 30.8 Å². The molecule has 1 aliphatic carbocycles. The number of nitrogens with zero attached hydrogens (tertiary/aromatic N) is 1. The second-order valence-electron chi connectivity index (χ2n) is 5.78. The first-order valence-electron chi connectivity index (χ1n) is 8.01. The molecule has 0 aliphatic heterocycles. The Morgan fingerprint density at radius 1 is 1.17 bits per heavy atom. The minimum Gasteiger partial charge on any atom is -0.469 e. The predicted octanol–water partition coefficient (Wildman–Crippen LogP) is 3.31. The smallest absolute Gasteiger partial charge is 0.191 e. The average Bonchev–Trinajstić information content (AvgIpc) is 3.14. The molecule has 23 heavy (non-hydrogen) atoms. The summed E-state index contributed by atoms with van der Waals surface area (Å²) in [6.45, 7) is 1.75. The summed E-state index contributed by atoms with van der Waals surface area (Å²) in [4.78, 5) is 5.64. The Kier molecular flexibility index (Phi) is 5.28. The average molecular weight is 329 g/mol. The molecule has 1 aromatic carbocycles. The lowest BCUT2D eigenvalue weighted by atomic mass is 10.3. The lowest BCUT2D eigenvalue weighted by molar-refractivity contribution is 0.506. The van der Waals surface area contributed by atoms with Crippen LogP contribution in [0.15, 0.2) is 63.0 Å². The summed E-state index contributed by atoms with van der Waals surface area (Å²) in [6, 6.07) is 14.5. The first-order valence-corrected chi connectivity index (χ1v) is 8.82. The third-order valence-corrected chi connectivity index (χ3v) is 5.42. The van der Waals surface area contributed by atoms with Crippen molar-refractivity contribution in [3.63, 3.8) is 0 Å². The van der Waals surface area contributed by atoms with Gasteiger partial charge in [-0.05, 0) is 37.1 Å². The standard InChI is InChI=1S/C18H23N3OS/c1-19-17(20-12-9-15-6-5-13-22-15)21-14-18(10-11-18)23-16-7-3-2-4-8-16/h2-8,13H,9-12,14H2,1H3,(H2,19,20,21). The predicted molar refractivity (Wildman–Crippen MR) is 96.0 cm³/mol. The Morgan fingerprint density at radius 2 is 2.00 bits per heavy atom. The van der Waals surface area contributed by atoms with Crippen molar-refractivity contribution in [1.29, 1.82) is 0 Å². The summed E-state index contributed by atoms with van der Waals surface area (Å²) in [5.74, 6) is 1.85. The second-order valence-corrected chi connectivity index (χ2v) is 7.32. The summed E-state index contributed by atoms with van der Waals surface area (Å²) in [6.07, 6.45) is 5.07. The summed E-state index contributed by atoms with van der Waals surface area (Å²) >= 11 is 1.97. The number of rotatable bonds is 7. The van der Waals surface area contributed by atoms with Gasteiger partial charge in [-0.3, -0.25) is 4.99 Å². The highest BCUT2D eigenvalue weighted by atomic mass is 32.2. The van der Waals surface area contributed by atoms with E-state index in [2.05, 4.69) is 46.0 Å². The number of aliphatic imine (C=N–C) groups is 1. The number of hydrogen-bond donors (Lipinski definition) is 2. The van der Waals surface area contributed by atoms with Gasteiger partial charge in [0.25, 0.3) is 0 Å². The maximum Gasteiger partial charge on any atom is 0.191 e. The highest BCUT2D eigenvalue weighted by Crippen LogP contribution is 2.51. The molecule has 2 aromatic rings. The molecule has 5 heteroatoms. The van der Waals surface area contributed by atoms with Gasteiger partial charge < -0.3 is 15.1 Å². The van der Waals surface area contributed by atoms with Crippen molar-refractivity contribution in [3.05, 3.63) is 54.5 Å². The topological polar surface area (TPSA) is 49.6 Å². The van der Waals surface area contributed by atoms with Crippen LogP contribution < -0.4 is 10.6 Å². The van der Waals surface area contributed by atoms with Gasteiger partial charge in [-0.25, -0.2) is 0 Å². The summed E-state index contributed by atoms with van der Waals surface area (Å²) in [7, 11) is 1.81. The van der Waals surface area contributed by atoms with E-state index in [0.29, 0.717) is 4.75 Å². The van der Waals surface area contributed by atoms with Gasteiger partial charge in [0.1, 0.15) is 5.76 Å². The molecular formula is C18H23N3OS. The van der Waals surface area contributed by atoms with Crippen LogP contribution in [0.4, 0.5) is 0 Å². The zero-order chi connectivity index (χ0) is 16.0. The van der Waals surface area contributed by atoms with E-state index in [0.717, 1.165) is 31.2 Å². The maximum absolute atomic E-state index is 5.34. The van der Waals surface area contributed by atoms with Crippen LogP contribution in [0.2, 0.25) is 0 Å². The van der Waals surface area contributed by atoms with Crippen LogP contribution in [0.25, 0.3) is 0 Å². The lowest BCUT2D eigenvalue weighted by Gasteiger charge is -2.18. The first-order chi connectivity index (χ1) is 11.3. The number of furan rings is 1. The van der Waals surface area contributed by atoms with Crippen LogP contribution in [0.5, 0.6) is 0 Å². The summed E-state index contributed by atoms with van der Waals surface area (Å²) < 4.78 is 5.66. The first kappa shape index (κ1) is 16.0. The molecule has 1 aromatic heterocycles. The number of thioether (sulfide) groups is 1. The Morgan fingerprint density at radius 3 is 2.65 bits per heavy atom. The van der Waals surface area contributed by atoms with Crippen molar-refractivity contribution < 1.29 is 4.42 Å². The van der Waals surface area contributed by atoms with Gasteiger partial charge in [-0.2, -0.15) is 0 Å². The number of nitrogens with one attached hydrogen (secondary N) is 2. The Bertz CT molecular complexity index is 621. The number of benzene rings is 1. The molecular weight excluding hydrogens is 306 g/mol. The largest absolute Gasteiger partial charge is 0.469 e. The Labute approximate surface area is 141 Å². The van der Waals surface area contributed by atoms with E-state index < -0.39 is 0 Å². The minimum atomic E-state index is 0.319. The Balaban J connectivity index is 1.43. The van der Waals surface area contributed by atoms with E-state index in [1.54, 1.807) is 6.26 Å². The molecule has 0 spiro atoms. The van der Waals surface area contributed by atoms with Gasteiger partial charge in [-0.1, -0.05) is 18.2 Å². The van der Waals surface area contributed by atoms with Crippen molar-refractivity contribution in [2.45, 2.75) is 28.9 Å². The molecule has 122 valence electrons. The fourth-order valence-corrected chi connectivity index (χ4v) is 3.66. The third kappa shape index (κ3) is 4.79. The Hall–Kier alpha value is -1.88. The SMILES string of the molecule is CN=C(NCCc1ccco1)NCC1(Sc2ccccc2)CC1. The van der Waals surface area contributed by atoms with Crippen molar-refractivity contribution in [1.82, 2.24) is 10.6 Å². The van der Waals surface area contributed by atoms with E-state index in [1.807, 2.05) is 30.9 Å². The molecule has 3 rings (SSSR count). The lowest BCUT2D eigenvalue weighted by Crippen LogP contribution is -2.41. The molecule has 4 nitrogen and oxygen atoms in total. The molecule has 0 bridgehead atoms. The van der Waals surface area contributed by atoms with Gasteiger partial charge >= 0.3 is 0 Å². The van der Waals surface area contributed by atoms with Crippen LogP contribution >= 0.6 is 11.8 Å². The van der Waals surface area contributed by atoms with E-state index in [9.17, 15) is 0 Å². The highest BCUT2D eigenvalue weighted by molar-refractivity contribution is 8.01. The van der Waals surface area contributed by atoms with Crippen LogP contribution in [0, 0.1) is 0 Å². The molecule has 0 atom stereocenters. The van der Waals surface area contributed by atoms with Crippen LogP contribution in [-0.2, 0) is 6.42 Å². The monoisotopic (exact) mass is 329 g/mol. The van der Waals surface area contributed by atoms with E-state index >= 15 is 0 Å². The van der Waals surface area contributed by atoms with Crippen LogP contribution in [0.1, 0.15) is 18.6 Å². The molecule has 0 unspecified atom stereocenters. The van der Waals surface area contributed by atoms with Gasteiger partial charge in [0.2, 0.25) is 0 Å². The molecule has 1 saturated carbocycles. The summed E-state index contributed by atoms with van der Waals surface area (Å²) in [5.41, 5.74) is 0. The van der Waals surface area contributed by atoms with E-state index in [4.69, 9.17) is 4.42 Å². The molecule has 1 heterocycles. The van der Waals surface area contributed by atoms with Gasteiger partial charge in [0.15, 0.2) is 5.96 Å². The molecule has 0 radical (unpaired) electrons. The van der Waals surface area contributed by atoms with Crippen LogP contribution in [0.3, 0.4) is 0 Å². The van der Waals surface area contributed by atoms with Crippen molar-refractivity contribution in [3.8, 4) is 0 Å². The summed E-state index contributed by atoms with van der Waals surface area (Å²) in [5, 5.41) is 6.80. The molecule has 1 aliphatic rings. The second kappa shape index (κ2) is 7.59. The highest BCUT2D eigenvalue weighted by Gasteiger charge is 2.43. The maximum atomic E-state index is 5.34. The molecule has 0 amide bonds. The van der Waals surface area contributed by atoms with Gasteiger partial charge in [-0.15, -0.1) is 11.8 Å². The zero-order valence-electron chi connectivity index (χ0n) is 13.4. The fourth-order valence-electron chi connectivity index (χ4n) is 2.42. The quantitative estimate of drug-likeness (QED) is 0.604. The third-order valence-electron chi connectivity index (χ3n) is 3.93. The van der Waals surface area contributed by atoms with E-state index in [1.165, 1.54) is 17.7 Å². The molecule has 2 N–H and O–H groups in total. The van der Waals surface area contributed by atoms with Gasteiger partial charge in [0, 0.05) is 36.2 Å². The minimum absolute atomic E-state index is 0.319.